The molecule has 1 aromatic heterocycles. The first-order valence-corrected chi connectivity index (χ1v) is 10.3. The molecular weight excluding hydrogens is 363 g/mol. The minimum Gasteiger partial charge on any atom is -0.393 e. The van der Waals surface area contributed by atoms with E-state index in [0.717, 1.165) is 24.6 Å². The van der Waals surface area contributed by atoms with E-state index >= 15 is 0 Å². The molecule has 0 unspecified atom stereocenters. The lowest BCUT2D eigenvalue weighted by Gasteiger charge is -2.31. The van der Waals surface area contributed by atoms with Gasteiger partial charge in [0.2, 0.25) is 0 Å². The summed E-state index contributed by atoms with van der Waals surface area (Å²) in [5, 5.41) is 18.2. The van der Waals surface area contributed by atoms with Crippen molar-refractivity contribution in [1.29, 1.82) is 0 Å². The van der Waals surface area contributed by atoms with E-state index in [9.17, 15) is 9.50 Å². The smallest absolute Gasteiger partial charge is 0.191 e. The van der Waals surface area contributed by atoms with Crippen LogP contribution < -0.4 is 15.5 Å². The van der Waals surface area contributed by atoms with Gasteiger partial charge in [-0.15, -0.1) is 11.3 Å². The van der Waals surface area contributed by atoms with Gasteiger partial charge in [-0.2, -0.15) is 0 Å². The lowest BCUT2D eigenvalue weighted by molar-refractivity contribution is 0.145. The molecule has 3 N–H and O–H groups in total. The van der Waals surface area contributed by atoms with Crippen LogP contribution in [0.2, 0.25) is 0 Å². The number of aliphatic hydroxyl groups excluding tert-OH is 1. The normalized spacial score (nSPS) is 15.8. The van der Waals surface area contributed by atoms with E-state index in [1.807, 2.05) is 30.0 Å². The number of nitrogens with one attached hydrogen (secondary N) is 2. The number of piperidine rings is 1. The molecular formula is C20H27FN4OS. The minimum atomic E-state index is -0.260. The summed E-state index contributed by atoms with van der Waals surface area (Å²) in [7, 11) is 0. The Morgan fingerprint density at radius 2 is 2.11 bits per heavy atom. The number of nitrogens with zero attached hydrogens (tertiary/aromatic N) is 2. The molecule has 7 heteroatoms. The fourth-order valence-electron chi connectivity index (χ4n) is 3.11. The summed E-state index contributed by atoms with van der Waals surface area (Å²) < 4.78 is 14.6. The summed E-state index contributed by atoms with van der Waals surface area (Å²) in [6.45, 7) is 5.30. The SMILES string of the molecule is CCNC(=NCc1ccc(N2CCC(O)CC2)c(F)c1)NCc1cccs1. The van der Waals surface area contributed by atoms with Crippen molar-refractivity contribution >= 4 is 23.0 Å². The topological polar surface area (TPSA) is 59.9 Å². The van der Waals surface area contributed by atoms with Crippen LogP contribution >= 0.6 is 11.3 Å². The standard InChI is InChI=1S/C20H27FN4OS/c1-2-22-20(24-14-17-4-3-11-27-17)23-13-15-5-6-19(18(21)12-15)25-9-7-16(26)8-10-25/h3-6,11-12,16,26H,2,7-10,13-14H2,1H3,(H2,22,23,24). The van der Waals surface area contributed by atoms with Gasteiger partial charge in [0.1, 0.15) is 5.82 Å². The Hall–Kier alpha value is -2.12. The number of benzene rings is 1. The molecule has 0 saturated carbocycles. The average Bonchev–Trinajstić information content (AvgIpc) is 3.19. The first-order chi connectivity index (χ1) is 13.2. The van der Waals surface area contributed by atoms with Crippen LogP contribution in [0.3, 0.4) is 0 Å². The Morgan fingerprint density at radius 3 is 2.78 bits per heavy atom. The second-order valence-corrected chi connectivity index (χ2v) is 7.66. The summed E-state index contributed by atoms with van der Waals surface area (Å²) in [6, 6.07) is 9.42. The van der Waals surface area contributed by atoms with Crippen LogP contribution in [-0.4, -0.2) is 36.8 Å². The second-order valence-electron chi connectivity index (χ2n) is 6.63. The van der Waals surface area contributed by atoms with Crippen LogP contribution in [0.15, 0.2) is 40.7 Å². The molecule has 0 aliphatic carbocycles. The maximum atomic E-state index is 14.6. The molecule has 1 aliphatic rings. The van der Waals surface area contributed by atoms with Crippen LogP contribution in [0, 0.1) is 5.82 Å². The maximum Gasteiger partial charge on any atom is 0.191 e. The van der Waals surface area contributed by atoms with E-state index in [2.05, 4.69) is 27.1 Å². The fourth-order valence-corrected chi connectivity index (χ4v) is 3.75. The highest BCUT2D eigenvalue weighted by Gasteiger charge is 2.19. The number of halogens is 1. The summed E-state index contributed by atoms with van der Waals surface area (Å²) >= 11 is 1.70. The average molecular weight is 391 g/mol. The fraction of sp³-hybridized carbons (Fsp3) is 0.450. The zero-order chi connectivity index (χ0) is 19.1. The third kappa shape index (κ3) is 5.68. The van der Waals surface area contributed by atoms with Crippen molar-refractivity contribution in [3.05, 3.63) is 52.0 Å². The van der Waals surface area contributed by atoms with Crippen LogP contribution in [0.25, 0.3) is 0 Å². The van der Waals surface area contributed by atoms with E-state index in [1.54, 1.807) is 17.4 Å². The van der Waals surface area contributed by atoms with Gasteiger partial charge in [0.25, 0.3) is 0 Å². The summed E-state index contributed by atoms with van der Waals surface area (Å²) in [6.07, 6.45) is 1.12. The molecule has 0 atom stereocenters. The first kappa shape index (κ1) is 19.6. The number of hydrogen-bond donors (Lipinski definition) is 3. The maximum absolute atomic E-state index is 14.6. The molecule has 0 radical (unpaired) electrons. The third-order valence-electron chi connectivity index (χ3n) is 4.59. The predicted molar refractivity (Wildman–Crippen MR) is 110 cm³/mol. The Balaban J connectivity index is 1.61. The molecule has 3 rings (SSSR count). The number of guanidine groups is 1. The predicted octanol–water partition coefficient (Wildman–Crippen LogP) is 3.10. The highest BCUT2D eigenvalue weighted by molar-refractivity contribution is 7.09. The monoisotopic (exact) mass is 390 g/mol. The number of aliphatic imine (C=N–C) groups is 1. The minimum absolute atomic E-state index is 0.226. The van der Waals surface area contributed by atoms with Crippen LogP contribution in [-0.2, 0) is 13.1 Å². The first-order valence-electron chi connectivity index (χ1n) is 9.41. The molecule has 1 aromatic carbocycles. The molecule has 0 bridgehead atoms. The van der Waals surface area contributed by atoms with Crippen LogP contribution in [0.4, 0.5) is 10.1 Å². The third-order valence-corrected chi connectivity index (χ3v) is 5.47. The second kappa shape index (κ2) is 9.71. The molecule has 0 amide bonds. The van der Waals surface area contributed by atoms with E-state index in [0.29, 0.717) is 38.2 Å². The number of thiophene rings is 1. The zero-order valence-corrected chi connectivity index (χ0v) is 16.4. The van der Waals surface area contributed by atoms with Gasteiger partial charge in [-0.05, 0) is 48.9 Å². The van der Waals surface area contributed by atoms with Gasteiger partial charge < -0.3 is 20.6 Å². The Kier molecular flexibility index (Phi) is 7.06. The number of anilines is 1. The number of rotatable bonds is 6. The van der Waals surface area contributed by atoms with Gasteiger partial charge in [0.05, 0.1) is 24.9 Å². The largest absolute Gasteiger partial charge is 0.393 e. The molecule has 2 heterocycles. The summed E-state index contributed by atoms with van der Waals surface area (Å²) in [4.78, 5) is 7.80. The van der Waals surface area contributed by atoms with Gasteiger partial charge in [-0.25, -0.2) is 9.38 Å². The van der Waals surface area contributed by atoms with Crippen molar-refractivity contribution in [1.82, 2.24) is 10.6 Å². The molecule has 0 spiro atoms. The molecule has 146 valence electrons. The summed E-state index contributed by atoms with van der Waals surface area (Å²) in [5.74, 6) is 0.496. The molecule has 1 fully saturated rings. The van der Waals surface area contributed by atoms with E-state index in [-0.39, 0.29) is 11.9 Å². The Labute approximate surface area is 163 Å². The van der Waals surface area contributed by atoms with Crippen molar-refractivity contribution in [2.24, 2.45) is 4.99 Å². The zero-order valence-electron chi connectivity index (χ0n) is 15.6. The van der Waals surface area contributed by atoms with E-state index in [1.165, 1.54) is 4.88 Å². The lowest BCUT2D eigenvalue weighted by atomic mass is 10.1. The van der Waals surface area contributed by atoms with Crippen molar-refractivity contribution in [3.63, 3.8) is 0 Å². The van der Waals surface area contributed by atoms with E-state index in [4.69, 9.17) is 0 Å². The highest BCUT2D eigenvalue weighted by Crippen LogP contribution is 2.24. The summed E-state index contributed by atoms with van der Waals surface area (Å²) in [5.41, 5.74) is 1.44. The quantitative estimate of drug-likeness (QED) is 0.524. The molecule has 27 heavy (non-hydrogen) atoms. The number of hydrogen-bond acceptors (Lipinski definition) is 4. The molecule has 1 aliphatic heterocycles. The van der Waals surface area contributed by atoms with Crippen molar-refractivity contribution in [3.8, 4) is 0 Å². The van der Waals surface area contributed by atoms with Gasteiger partial charge in [0, 0.05) is 24.5 Å². The molecule has 2 aromatic rings. The van der Waals surface area contributed by atoms with Crippen LogP contribution in [0.5, 0.6) is 0 Å². The number of aliphatic hydroxyl groups is 1. The van der Waals surface area contributed by atoms with Crippen molar-refractivity contribution < 1.29 is 9.50 Å². The molecule has 1 saturated heterocycles. The van der Waals surface area contributed by atoms with E-state index < -0.39 is 0 Å². The highest BCUT2D eigenvalue weighted by atomic mass is 32.1. The molecule has 5 nitrogen and oxygen atoms in total. The Bertz CT molecular complexity index is 742. The van der Waals surface area contributed by atoms with Gasteiger partial charge in [-0.1, -0.05) is 12.1 Å². The van der Waals surface area contributed by atoms with Crippen LogP contribution in [0.1, 0.15) is 30.2 Å². The Morgan fingerprint density at radius 1 is 1.30 bits per heavy atom. The van der Waals surface area contributed by atoms with Gasteiger partial charge in [-0.3, -0.25) is 0 Å². The van der Waals surface area contributed by atoms with Crippen molar-refractivity contribution in [2.75, 3.05) is 24.5 Å². The van der Waals surface area contributed by atoms with Gasteiger partial charge in [0.15, 0.2) is 5.96 Å². The van der Waals surface area contributed by atoms with Crippen molar-refractivity contribution in [2.45, 2.75) is 39.0 Å². The van der Waals surface area contributed by atoms with Gasteiger partial charge >= 0.3 is 0 Å². The lowest BCUT2D eigenvalue weighted by Crippen LogP contribution is -2.36.